The second kappa shape index (κ2) is 4.43. The van der Waals surface area contributed by atoms with Gasteiger partial charge in [0, 0.05) is 19.6 Å². The fourth-order valence-corrected chi connectivity index (χ4v) is 1.66. The van der Waals surface area contributed by atoms with Crippen LogP contribution in [0, 0.1) is 0 Å². The van der Waals surface area contributed by atoms with Crippen molar-refractivity contribution in [3.63, 3.8) is 0 Å². The van der Waals surface area contributed by atoms with Crippen LogP contribution in [0.25, 0.3) is 0 Å². The molecule has 0 saturated carbocycles. The number of rotatable bonds is 2. The summed E-state index contributed by atoms with van der Waals surface area (Å²) >= 11 is 0. The average Bonchev–Trinajstić information content (AvgIpc) is 2.21. The van der Waals surface area contributed by atoms with Crippen LogP contribution in [0.4, 0.5) is 0 Å². The molecule has 13 heavy (non-hydrogen) atoms. The third-order valence-electron chi connectivity index (χ3n) is 2.43. The third-order valence-corrected chi connectivity index (χ3v) is 2.43. The van der Waals surface area contributed by atoms with Crippen LogP contribution in [0.5, 0.6) is 0 Å². The van der Waals surface area contributed by atoms with Crippen LogP contribution in [-0.2, 0) is 4.74 Å². The van der Waals surface area contributed by atoms with E-state index in [-0.39, 0.29) is 0 Å². The van der Waals surface area contributed by atoms with Crippen LogP contribution >= 0.6 is 0 Å². The van der Waals surface area contributed by atoms with Crippen molar-refractivity contribution in [2.45, 2.75) is 6.42 Å². The zero-order valence-electron chi connectivity index (χ0n) is 7.83. The quantitative estimate of drug-likeness (QED) is 0.590. The fourth-order valence-electron chi connectivity index (χ4n) is 1.66. The molecule has 2 aliphatic rings. The van der Waals surface area contributed by atoms with Crippen molar-refractivity contribution in [3.8, 4) is 0 Å². The summed E-state index contributed by atoms with van der Waals surface area (Å²) in [4.78, 5) is 2.45. The molecular formula is C11H15NO. The van der Waals surface area contributed by atoms with Gasteiger partial charge in [-0.1, -0.05) is 11.6 Å². The molecule has 0 unspecified atom stereocenters. The van der Waals surface area contributed by atoms with E-state index < -0.39 is 0 Å². The van der Waals surface area contributed by atoms with Gasteiger partial charge in [0.05, 0.1) is 13.2 Å². The van der Waals surface area contributed by atoms with Crippen molar-refractivity contribution in [1.29, 1.82) is 0 Å². The van der Waals surface area contributed by atoms with Gasteiger partial charge in [0.1, 0.15) is 0 Å². The number of nitrogens with zero attached hydrogens (tertiary/aromatic N) is 1. The van der Waals surface area contributed by atoms with E-state index in [1.54, 1.807) is 0 Å². The third kappa shape index (κ3) is 2.56. The molecule has 0 bridgehead atoms. The molecule has 0 spiro atoms. The maximum Gasteiger partial charge on any atom is 0.0594 e. The fraction of sp³-hybridized carbons (Fsp3) is 0.545. The molecule has 0 radical (unpaired) electrons. The molecule has 2 nitrogen and oxygen atoms in total. The van der Waals surface area contributed by atoms with Crippen LogP contribution in [0.15, 0.2) is 29.5 Å². The lowest BCUT2D eigenvalue weighted by molar-refractivity contribution is 0.0421. The van der Waals surface area contributed by atoms with Crippen LogP contribution < -0.4 is 0 Å². The maximum absolute atomic E-state index is 5.30. The topological polar surface area (TPSA) is 12.5 Å². The number of hydrogen-bond acceptors (Lipinski definition) is 2. The van der Waals surface area contributed by atoms with E-state index in [9.17, 15) is 0 Å². The Kier molecular flexibility index (Phi) is 2.98. The minimum Gasteiger partial charge on any atom is -0.379 e. The van der Waals surface area contributed by atoms with Gasteiger partial charge in [0.15, 0.2) is 0 Å². The molecule has 2 heteroatoms. The van der Waals surface area contributed by atoms with E-state index in [0.717, 1.165) is 39.3 Å². The van der Waals surface area contributed by atoms with Crippen molar-refractivity contribution in [2.24, 2.45) is 0 Å². The molecule has 0 N–H and O–H groups in total. The van der Waals surface area contributed by atoms with Crippen molar-refractivity contribution < 1.29 is 4.74 Å². The highest BCUT2D eigenvalue weighted by molar-refractivity contribution is 5.21. The number of morpholine rings is 1. The van der Waals surface area contributed by atoms with E-state index in [0.29, 0.717) is 0 Å². The molecule has 0 atom stereocenters. The molecule has 2 rings (SSSR count). The summed E-state index contributed by atoms with van der Waals surface area (Å²) in [6.07, 6.45) is 7.33. The Morgan fingerprint density at radius 3 is 2.92 bits per heavy atom. The van der Waals surface area contributed by atoms with E-state index >= 15 is 0 Å². The summed E-state index contributed by atoms with van der Waals surface area (Å²) in [5, 5.41) is 0. The summed E-state index contributed by atoms with van der Waals surface area (Å²) in [5.74, 6) is 0. The summed E-state index contributed by atoms with van der Waals surface area (Å²) in [7, 11) is 0. The SMILES string of the molecule is C1=CC=C(CN2CCOCC2)CC=1. The van der Waals surface area contributed by atoms with Crippen LogP contribution in [0.3, 0.4) is 0 Å². The molecule has 70 valence electrons. The van der Waals surface area contributed by atoms with E-state index in [1.807, 2.05) is 6.08 Å². The van der Waals surface area contributed by atoms with Gasteiger partial charge in [-0.15, -0.1) is 5.73 Å². The molecule has 1 saturated heterocycles. The standard InChI is InChI=1S/C11H15NO/c1-2-4-11(5-3-1)10-12-6-8-13-9-7-12/h2-4H,5-10H2. The summed E-state index contributed by atoms with van der Waals surface area (Å²) < 4.78 is 5.30. The molecule has 1 fully saturated rings. The lowest BCUT2D eigenvalue weighted by Gasteiger charge is -2.27. The van der Waals surface area contributed by atoms with E-state index in [4.69, 9.17) is 4.74 Å². The van der Waals surface area contributed by atoms with Gasteiger partial charge < -0.3 is 4.74 Å². The van der Waals surface area contributed by atoms with E-state index in [2.05, 4.69) is 22.8 Å². The lowest BCUT2D eigenvalue weighted by Crippen LogP contribution is -2.37. The minimum absolute atomic E-state index is 0.888. The lowest BCUT2D eigenvalue weighted by atomic mass is 10.1. The van der Waals surface area contributed by atoms with Crippen LogP contribution in [0.2, 0.25) is 0 Å². The molecule has 0 aromatic heterocycles. The number of allylic oxidation sites excluding steroid dienone is 2. The highest BCUT2D eigenvalue weighted by atomic mass is 16.5. The highest BCUT2D eigenvalue weighted by Gasteiger charge is 2.11. The summed E-state index contributed by atoms with van der Waals surface area (Å²) in [6, 6.07) is 0. The van der Waals surface area contributed by atoms with Crippen LogP contribution in [-0.4, -0.2) is 37.7 Å². The van der Waals surface area contributed by atoms with Gasteiger partial charge in [0.25, 0.3) is 0 Å². The van der Waals surface area contributed by atoms with Crippen LogP contribution in [0.1, 0.15) is 6.42 Å². The molecule has 0 aromatic rings. The Morgan fingerprint density at radius 2 is 2.23 bits per heavy atom. The number of ether oxygens (including phenoxy) is 1. The first kappa shape index (κ1) is 8.76. The Labute approximate surface area is 79.2 Å². The van der Waals surface area contributed by atoms with Gasteiger partial charge in [-0.25, -0.2) is 0 Å². The normalized spacial score (nSPS) is 23.2. The Bertz CT molecular complexity index is 255. The number of hydrogen-bond donors (Lipinski definition) is 0. The molecule has 1 aliphatic heterocycles. The summed E-state index contributed by atoms with van der Waals surface area (Å²) in [5.41, 5.74) is 4.57. The highest BCUT2D eigenvalue weighted by Crippen LogP contribution is 2.09. The van der Waals surface area contributed by atoms with Crippen molar-refractivity contribution in [1.82, 2.24) is 4.90 Å². The van der Waals surface area contributed by atoms with Gasteiger partial charge >= 0.3 is 0 Å². The minimum atomic E-state index is 0.888. The van der Waals surface area contributed by atoms with Crippen molar-refractivity contribution in [3.05, 3.63) is 29.5 Å². The molecule has 0 aromatic carbocycles. The first-order valence-electron chi connectivity index (χ1n) is 4.84. The Balaban J connectivity index is 1.83. The Morgan fingerprint density at radius 1 is 1.38 bits per heavy atom. The van der Waals surface area contributed by atoms with Gasteiger partial charge in [-0.3, -0.25) is 4.90 Å². The first-order valence-corrected chi connectivity index (χ1v) is 4.84. The van der Waals surface area contributed by atoms with Crippen molar-refractivity contribution in [2.75, 3.05) is 32.8 Å². The van der Waals surface area contributed by atoms with Crippen molar-refractivity contribution >= 4 is 0 Å². The smallest absolute Gasteiger partial charge is 0.0594 e. The zero-order valence-corrected chi connectivity index (χ0v) is 7.83. The first-order chi connectivity index (χ1) is 6.45. The second-order valence-corrected chi connectivity index (χ2v) is 3.46. The maximum atomic E-state index is 5.30. The second-order valence-electron chi connectivity index (χ2n) is 3.46. The Hall–Kier alpha value is -0.820. The molecular weight excluding hydrogens is 162 g/mol. The predicted octanol–water partition coefficient (Wildman–Crippen LogP) is 1.36. The average molecular weight is 177 g/mol. The molecule has 0 amide bonds. The van der Waals surface area contributed by atoms with Gasteiger partial charge in [-0.05, 0) is 18.6 Å². The monoisotopic (exact) mass is 177 g/mol. The summed E-state index contributed by atoms with van der Waals surface area (Å²) in [6.45, 7) is 5.02. The largest absolute Gasteiger partial charge is 0.379 e. The predicted molar refractivity (Wildman–Crippen MR) is 52.6 cm³/mol. The van der Waals surface area contributed by atoms with Gasteiger partial charge in [0.2, 0.25) is 0 Å². The van der Waals surface area contributed by atoms with E-state index in [1.165, 1.54) is 5.57 Å². The zero-order chi connectivity index (χ0) is 8.93. The molecule has 1 aliphatic carbocycles. The van der Waals surface area contributed by atoms with Gasteiger partial charge in [-0.2, -0.15) is 0 Å². The molecule has 1 heterocycles.